The molecular formula is C21H34O2. The summed E-state index contributed by atoms with van der Waals surface area (Å²) < 4.78 is 5.13. The van der Waals surface area contributed by atoms with E-state index in [2.05, 4.69) is 39.8 Å². The van der Waals surface area contributed by atoms with Gasteiger partial charge in [-0.15, -0.1) is 0 Å². The fourth-order valence-electron chi connectivity index (χ4n) is 1.96. The summed E-state index contributed by atoms with van der Waals surface area (Å²) in [6, 6.07) is 0. The minimum absolute atomic E-state index is 0.157. The molecule has 0 heterocycles. The summed E-state index contributed by atoms with van der Waals surface area (Å²) in [5.41, 5.74) is 5.23. The quantitative estimate of drug-likeness (QED) is 0.349. The van der Waals surface area contributed by atoms with Gasteiger partial charge >= 0.3 is 5.97 Å². The van der Waals surface area contributed by atoms with Gasteiger partial charge in [0.1, 0.15) is 6.61 Å². The molecule has 0 saturated heterocycles. The summed E-state index contributed by atoms with van der Waals surface area (Å²) in [4.78, 5) is 11.6. The van der Waals surface area contributed by atoms with E-state index in [1.807, 2.05) is 26.0 Å². The maximum Gasteiger partial charge on any atom is 0.309 e. The van der Waals surface area contributed by atoms with Crippen LogP contribution in [-0.2, 0) is 9.53 Å². The van der Waals surface area contributed by atoms with E-state index >= 15 is 0 Å². The Morgan fingerprint density at radius 2 is 1.26 bits per heavy atom. The van der Waals surface area contributed by atoms with Crippen molar-refractivity contribution >= 4 is 5.97 Å². The number of carbonyl (C=O) groups excluding carboxylic acids is 1. The highest BCUT2D eigenvalue weighted by Gasteiger charge is 1.99. The molecule has 0 aromatic carbocycles. The Labute approximate surface area is 143 Å². The predicted molar refractivity (Wildman–Crippen MR) is 100 cm³/mol. The number of hydrogen-bond donors (Lipinski definition) is 0. The van der Waals surface area contributed by atoms with Crippen LogP contribution in [0.15, 0.2) is 46.6 Å². The molecule has 0 fully saturated rings. The van der Waals surface area contributed by atoms with Crippen molar-refractivity contribution in [2.24, 2.45) is 0 Å². The van der Waals surface area contributed by atoms with E-state index in [-0.39, 0.29) is 5.97 Å². The van der Waals surface area contributed by atoms with E-state index < -0.39 is 0 Å². The van der Waals surface area contributed by atoms with Gasteiger partial charge in [-0.25, -0.2) is 0 Å². The fourth-order valence-corrected chi connectivity index (χ4v) is 1.96. The minimum atomic E-state index is -0.157. The average molecular weight is 319 g/mol. The summed E-state index contributed by atoms with van der Waals surface area (Å²) >= 11 is 0. The lowest BCUT2D eigenvalue weighted by molar-refractivity contribution is -0.141. The Balaban J connectivity index is 3.99. The SMILES string of the molecule is CC(C)=CCC/C(C)=C/CC/C(C)=C/CC(=O)OCC=C(C)C. The molecule has 2 nitrogen and oxygen atoms in total. The number of hydrogen-bond acceptors (Lipinski definition) is 2. The highest BCUT2D eigenvalue weighted by Crippen LogP contribution is 2.12. The topological polar surface area (TPSA) is 26.3 Å². The second-order valence-electron chi connectivity index (χ2n) is 6.63. The molecule has 0 rings (SSSR count). The van der Waals surface area contributed by atoms with E-state index in [0.717, 1.165) is 31.3 Å². The molecule has 0 spiro atoms. The van der Waals surface area contributed by atoms with E-state index in [1.54, 1.807) is 0 Å². The van der Waals surface area contributed by atoms with E-state index in [1.165, 1.54) is 16.7 Å². The molecule has 23 heavy (non-hydrogen) atoms. The largest absolute Gasteiger partial charge is 0.461 e. The number of allylic oxidation sites excluding steroid dienone is 6. The zero-order chi connectivity index (χ0) is 17.7. The zero-order valence-electron chi connectivity index (χ0n) is 15.9. The van der Waals surface area contributed by atoms with Gasteiger partial charge in [0.2, 0.25) is 0 Å². The van der Waals surface area contributed by atoms with Crippen molar-refractivity contribution in [2.75, 3.05) is 6.61 Å². The molecule has 130 valence electrons. The summed E-state index contributed by atoms with van der Waals surface area (Å²) in [5, 5.41) is 0. The first-order valence-corrected chi connectivity index (χ1v) is 8.55. The molecule has 0 bridgehead atoms. The van der Waals surface area contributed by atoms with Crippen molar-refractivity contribution in [1.82, 2.24) is 0 Å². The van der Waals surface area contributed by atoms with Gasteiger partial charge in [0.05, 0.1) is 6.42 Å². The van der Waals surface area contributed by atoms with Crippen LogP contribution in [0.4, 0.5) is 0 Å². The Bertz CT molecular complexity index is 468. The highest BCUT2D eigenvalue weighted by atomic mass is 16.5. The molecular weight excluding hydrogens is 284 g/mol. The van der Waals surface area contributed by atoms with E-state index in [9.17, 15) is 4.79 Å². The standard InChI is InChI=1S/C21H34O2/c1-17(2)9-7-10-19(5)11-8-12-20(6)13-14-21(22)23-16-15-18(3)4/h9,11,13,15H,7-8,10,12,14,16H2,1-6H3/b19-11+,20-13+. The number of ether oxygens (including phenoxy) is 1. The van der Waals surface area contributed by atoms with Gasteiger partial charge < -0.3 is 4.74 Å². The van der Waals surface area contributed by atoms with Gasteiger partial charge in [-0.2, -0.15) is 0 Å². The normalized spacial score (nSPS) is 11.9. The van der Waals surface area contributed by atoms with Gasteiger partial charge in [0, 0.05) is 0 Å². The van der Waals surface area contributed by atoms with Gasteiger partial charge in [0.15, 0.2) is 0 Å². The number of rotatable bonds is 10. The van der Waals surface area contributed by atoms with Crippen LogP contribution in [-0.4, -0.2) is 12.6 Å². The van der Waals surface area contributed by atoms with Gasteiger partial charge in [-0.3, -0.25) is 4.79 Å². The Morgan fingerprint density at radius 1 is 0.739 bits per heavy atom. The second kappa shape index (κ2) is 12.9. The maximum atomic E-state index is 11.6. The first-order valence-electron chi connectivity index (χ1n) is 8.55. The molecule has 0 N–H and O–H groups in total. The van der Waals surface area contributed by atoms with Crippen LogP contribution in [0, 0.1) is 0 Å². The summed E-state index contributed by atoms with van der Waals surface area (Å²) in [5.74, 6) is -0.157. The molecule has 0 saturated carbocycles. The first kappa shape index (κ1) is 21.4. The molecule has 0 aromatic rings. The van der Waals surface area contributed by atoms with Gasteiger partial charge in [0.25, 0.3) is 0 Å². The van der Waals surface area contributed by atoms with Crippen molar-refractivity contribution in [3.05, 3.63) is 46.6 Å². The second-order valence-corrected chi connectivity index (χ2v) is 6.63. The Kier molecular flexibility index (Phi) is 12.0. The van der Waals surface area contributed by atoms with Crippen LogP contribution in [0.1, 0.15) is 73.6 Å². The lowest BCUT2D eigenvalue weighted by Crippen LogP contribution is -2.03. The molecule has 2 heteroatoms. The molecule has 0 aliphatic heterocycles. The third kappa shape index (κ3) is 15.1. The van der Waals surface area contributed by atoms with Crippen molar-refractivity contribution < 1.29 is 9.53 Å². The third-order valence-electron chi connectivity index (χ3n) is 3.48. The number of esters is 1. The van der Waals surface area contributed by atoms with Crippen LogP contribution >= 0.6 is 0 Å². The zero-order valence-corrected chi connectivity index (χ0v) is 15.9. The lowest BCUT2D eigenvalue weighted by Gasteiger charge is -2.02. The lowest BCUT2D eigenvalue weighted by atomic mass is 10.1. The van der Waals surface area contributed by atoms with Crippen LogP contribution < -0.4 is 0 Å². The van der Waals surface area contributed by atoms with Crippen LogP contribution in [0.25, 0.3) is 0 Å². The van der Waals surface area contributed by atoms with E-state index in [4.69, 9.17) is 4.74 Å². The molecule has 0 radical (unpaired) electrons. The summed E-state index contributed by atoms with van der Waals surface area (Å²) in [6.07, 6.45) is 13.1. The van der Waals surface area contributed by atoms with Crippen LogP contribution in [0.2, 0.25) is 0 Å². The smallest absolute Gasteiger partial charge is 0.309 e. The van der Waals surface area contributed by atoms with E-state index in [0.29, 0.717) is 13.0 Å². The molecule has 0 unspecified atom stereocenters. The van der Waals surface area contributed by atoms with Crippen LogP contribution in [0.3, 0.4) is 0 Å². The maximum absolute atomic E-state index is 11.6. The van der Waals surface area contributed by atoms with Gasteiger partial charge in [-0.05, 0) is 73.3 Å². The van der Waals surface area contributed by atoms with Crippen molar-refractivity contribution in [1.29, 1.82) is 0 Å². The monoisotopic (exact) mass is 318 g/mol. The minimum Gasteiger partial charge on any atom is -0.461 e. The van der Waals surface area contributed by atoms with Crippen LogP contribution in [0.5, 0.6) is 0 Å². The van der Waals surface area contributed by atoms with Gasteiger partial charge in [-0.1, -0.05) is 40.5 Å². The predicted octanol–water partition coefficient (Wildman–Crippen LogP) is 6.31. The Morgan fingerprint density at radius 3 is 1.83 bits per heavy atom. The fraction of sp³-hybridized carbons (Fsp3) is 0.571. The average Bonchev–Trinajstić information content (AvgIpc) is 2.44. The summed E-state index contributed by atoms with van der Waals surface area (Å²) in [6.45, 7) is 12.9. The third-order valence-corrected chi connectivity index (χ3v) is 3.48. The molecule has 0 aliphatic carbocycles. The van der Waals surface area contributed by atoms with Crippen molar-refractivity contribution in [2.45, 2.75) is 73.6 Å². The first-order chi connectivity index (χ1) is 10.8. The molecule has 0 amide bonds. The Hall–Kier alpha value is -1.57. The molecule has 0 atom stereocenters. The highest BCUT2D eigenvalue weighted by molar-refractivity contribution is 5.71. The van der Waals surface area contributed by atoms with Crippen molar-refractivity contribution in [3.63, 3.8) is 0 Å². The summed E-state index contributed by atoms with van der Waals surface area (Å²) in [7, 11) is 0. The molecule has 0 aliphatic rings. The van der Waals surface area contributed by atoms with Crippen molar-refractivity contribution in [3.8, 4) is 0 Å². The number of carbonyl (C=O) groups is 1. The molecule has 0 aromatic heterocycles.